The zero-order valence-electron chi connectivity index (χ0n) is 9.46. The van der Waals surface area contributed by atoms with Crippen LogP contribution in [0.4, 0.5) is 0 Å². The van der Waals surface area contributed by atoms with Crippen LogP contribution < -0.4 is 0 Å². The minimum absolute atomic E-state index is 0.0366. The van der Waals surface area contributed by atoms with Gasteiger partial charge in [0.15, 0.2) is 0 Å². The van der Waals surface area contributed by atoms with E-state index in [2.05, 4.69) is 0 Å². The molecule has 15 heavy (non-hydrogen) atoms. The van der Waals surface area contributed by atoms with Crippen LogP contribution in [0.5, 0.6) is 5.75 Å². The molecule has 0 aliphatic carbocycles. The van der Waals surface area contributed by atoms with Crippen molar-refractivity contribution in [1.82, 2.24) is 0 Å². The molecule has 1 aromatic carbocycles. The van der Waals surface area contributed by atoms with E-state index >= 15 is 0 Å². The van der Waals surface area contributed by atoms with E-state index in [4.69, 9.17) is 5.11 Å². The van der Waals surface area contributed by atoms with Gasteiger partial charge in [-0.2, -0.15) is 0 Å². The topological polar surface area (TPSA) is 57.5 Å². The van der Waals surface area contributed by atoms with Crippen molar-refractivity contribution in [1.29, 1.82) is 0 Å². The van der Waals surface area contributed by atoms with E-state index in [9.17, 15) is 9.90 Å². The highest BCUT2D eigenvalue weighted by atomic mass is 16.4. The molecule has 0 saturated heterocycles. The second-order valence-electron chi connectivity index (χ2n) is 4.71. The van der Waals surface area contributed by atoms with Crippen LogP contribution >= 0.6 is 0 Å². The number of aromatic carboxylic acids is 1. The van der Waals surface area contributed by atoms with Gasteiger partial charge in [-0.3, -0.25) is 0 Å². The Morgan fingerprint density at radius 3 is 2.20 bits per heavy atom. The normalized spacial score (nSPS) is 11.5. The SMILES string of the molecule is Cc1ccc(C(=O)O)c(O)c1C(C)(C)C. The molecule has 0 unspecified atom stereocenters. The Morgan fingerprint density at radius 2 is 1.80 bits per heavy atom. The van der Waals surface area contributed by atoms with Crippen LogP contribution in [0.15, 0.2) is 12.1 Å². The van der Waals surface area contributed by atoms with Crippen molar-refractivity contribution < 1.29 is 15.0 Å². The fourth-order valence-electron chi connectivity index (χ4n) is 1.81. The van der Waals surface area contributed by atoms with Crippen molar-refractivity contribution in [2.45, 2.75) is 33.1 Å². The number of carbonyl (C=O) groups is 1. The Labute approximate surface area is 89.4 Å². The molecule has 0 fully saturated rings. The highest BCUT2D eigenvalue weighted by molar-refractivity contribution is 5.91. The summed E-state index contributed by atoms with van der Waals surface area (Å²) in [7, 11) is 0. The zero-order valence-corrected chi connectivity index (χ0v) is 9.46. The third kappa shape index (κ3) is 2.12. The quantitative estimate of drug-likeness (QED) is 0.746. The molecular formula is C12H16O3. The van der Waals surface area contributed by atoms with Crippen LogP contribution in [-0.4, -0.2) is 16.2 Å². The monoisotopic (exact) mass is 208 g/mol. The van der Waals surface area contributed by atoms with Gasteiger partial charge in [0.05, 0.1) is 0 Å². The van der Waals surface area contributed by atoms with Crippen molar-refractivity contribution in [2.24, 2.45) is 0 Å². The van der Waals surface area contributed by atoms with E-state index in [1.807, 2.05) is 27.7 Å². The molecule has 0 amide bonds. The predicted molar refractivity (Wildman–Crippen MR) is 58.5 cm³/mol. The number of carboxylic acid groups (broad SMARTS) is 1. The molecule has 3 heteroatoms. The smallest absolute Gasteiger partial charge is 0.339 e. The summed E-state index contributed by atoms with van der Waals surface area (Å²) < 4.78 is 0. The first-order valence-electron chi connectivity index (χ1n) is 4.81. The van der Waals surface area contributed by atoms with Gasteiger partial charge in [0, 0.05) is 5.56 Å². The van der Waals surface area contributed by atoms with E-state index < -0.39 is 5.97 Å². The number of hydrogen-bond donors (Lipinski definition) is 2. The molecule has 0 saturated carbocycles. The molecule has 82 valence electrons. The molecule has 0 aliphatic rings. The maximum absolute atomic E-state index is 10.9. The largest absolute Gasteiger partial charge is 0.507 e. The van der Waals surface area contributed by atoms with Crippen molar-refractivity contribution in [2.75, 3.05) is 0 Å². The molecule has 0 heterocycles. The fourth-order valence-corrected chi connectivity index (χ4v) is 1.81. The van der Waals surface area contributed by atoms with Crippen LogP contribution in [-0.2, 0) is 5.41 Å². The van der Waals surface area contributed by atoms with Crippen molar-refractivity contribution in [3.05, 3.63) is 28.8 Å². The summed E-state index contributed by atoms with van der Waals surface area (Å²) in [6.07, 6.45) is 0. The lowest BCUT2D eigenvalue weighted by atomic mass is 9.82. The molecule has 0 radical (unpaired) electrons. The Morgan fingerprint density at radius 1 is 1.27 bits per heavy atom. The van der Waals surface area contributed by atoms with Gasteiger partial charge in [0.25, 0.3) is 0 Å². The summed E-state index contributed by atoms with van der Waals surface area (Å²) in [5.41, 5.74) is 1.30. The van der Waals surface area contributed by atoms with Gasteiger partial charge < -0.3 is 10.2 Å². The lowest BCUT2D eigenvalue weighted by Gasteiger charge is -2.23. The Kier molecular flexibility index (Phi) is 2.75. The first kappa shape index (κ1) is 11.6. The second-order valence-corrected chi connectivity index (χ2v) is 4.71. The first-order valence-corrected chi connectivity index (χ1v) is 4.81. The summed E-state index contributed by atoms with van der Waals surface area (Å²) in [6, 6.07) is 3.16. The van der Waals surface area contributed by atoms with E-state index in [-0.39, 0.29) is 16.7 Å². The number of carboxylic acids is 1. The third-order valence-electron chi connectivity index (χ3n) is 2.37. The van der Waals surface area contributed by atoms with Gasteiger partial charge in [-0.15, -0.1) is 0 Å². The van der Waals surface area contributed by atoms with Gasteiger partial charge in [-0.05, 0) is 24.0 Å². The number of phenols is 1. The third-order valence-corrected chi connectivity index (χ3v) is 2.37. The number of hydrogen-bond acceptors (Lipinski definition) is 2. The van der Waals surface area contributed by atoms with E-state index in [0.29, 0.717) is 5.56 Å². The van der Waals surface area contributed by atoms with Gasteiger partial charge >= 0.3 is 5.97 Å². The van der Waals surface area contributed by atoms with E-state index in [1.165, 1.54) is 6.07 Å². The maximum atomic E-state index is 10.9. The maximum Gasteiger partial charge on any atom is 0.339 e. The number of aryl methyl sites for hydroxylation is 1. The Hall–Kier alpha value is -1.51. The number of aromatic hydroxyl groups is 1. The molecule has 0 bridgehead atoms. The second kappa shape index (κ2) is 3.57. The van der Waals surface area contributed by atoms with Crippen LogP contribution in [0.25, 0.3) is 0 Å². The zero-order chi connectivity index (χ0) is 11.8. The van der Waals surface area contributed by atoms with E-state index in [0.717, 1.165) is 5.56 Å². The average molecular weight is 208 g/mol. The molecule has 0 atom stereocenters. The molecular weight excluding hydrogens is 192 g/mol. The number of benzene rings is 1. The fraction of sp³-hybridized carbons (Fsp3) is 0.417. The minimum atomic E-state index is -1.10. The summed E-state index contributed by atoms with van der Waals surface area (Å²) in [6.45, 7) is 7.70. The van der Waals surface area contributed by atoms with Gasteiger partial charge in [-0.1, -0.05) is 26.8 Å². The van der Waals surface area contributed by atoms with Crippen LogP contribution in [0, 0.1) is 6.92 Å². The summed E-state index contributed by atoms with van der Waals surface area (Å²) in [5, 5.41) is 18.8. The van der Waals surface area contributed by atoms with Crippen molar-refractivity contribution in [3.63, 3.8) is 0 Å². The lowest BCUT2D eigenvalue weighted by Crippen LogP contribution is -2.15. The number of rotatable bonds is 1. The molecule has 3 nitrogen and oxygen atoms in total. The summed E-state index contributed by atoms with van der Waals surface area (Å²) >= 11 is 0. The average Bonchev–Trinajstić information content (AvgIpc) is 2.00. The molecule has 2 N–H and O–H groups in total. The van der Waals surface area contributed by atoms with E-state index in [1.54, 1.807) is 6.07 Å². The Balaban J connectivity index is 3.51. The molecule has 0 aromatic heterocycles. The van der Waals surface area contributed by atoms with Crippen molar-refractivity contribution >= 4 is 5.97 Å². The molecule has 1 rings (SSSR count). The van der Waals surface area contributed by atoms with Crippen LogP contribution in [0.2, 0.25) is 0 Å². The van der Waals surface area contributed by atoms with Crippen molar-refractivity contribution in [3.8, 4) is 5.75 Å². The summed E-state index contributed by atoms with van der Waals surface area (Å²) in [5.74, 6) is -1.21. The van der Waals surface area contributed by atoms with Gasteiger partial charge in [0.2, 0.25) is 0 Å². The molecule has 1 aromatic rings. The highest BCUT2D eigenvalue weighted by Gasteiger charge is 2.24. The van der Waals surface area contributed by atoms with Gasteiger partial charge in [-0.25, -0.2) is 4.79 Å². The first-order chi connectivity index (χ1) is 6.75. The van der Waals surface area contributed by atoms with Crippen LogP contribution in [0.1, 0.15) is 42.3 Å². The lowest BCUT2D eigenvalue weighted by molar-refractivity contribution is 0.0693. The standard InChI is InChI=1S/C12H16O3/c1-7-5-6-8(11(14)15)10(13)9(7)12(2,3)4/h5-6,13H,1-4H3,(H,14,15). The Bertz CT molecular complexity index is 400. The molecule has 0 aliphatic heterocycles. The highest BCUT2D eigenvalue weighted by Crippen LogP contribution is 2.35. The van der Waals surface area contributed by atoms with Gasteiger partial charge in [0.1, 0.15) is 11.3 Å². The molecule has 0 spiro atoms. The van der Waals surface area contributed by atoms with Crippen LogP contribution in [0.3, 0.4) is 0 Å². The summed E-state index contributed by atoms with van der Waals surface area (Å²) in [4.78, 5) is 10.9. The predicted octanol–water partition coefficient (Wildman–Crippen LogP) is 2.70. The minimum Gasteiger partial charge on any atom is -0.507 e.